The van der Waals surface area contributed by atoms with E-state index in [9.17, 15) is 4.79 Å². The summed E-state index contributed by atoms with van der Waals surface area (Å²) in [7, 11) is 0. The average Bonchev–Trinajstić information content (AvgIpc) is 3.48. The molecule has 1 aliphatic rings. The van der Waals surface area contributed by atoms with Gasteiger partial charge >= 0.3 is 0 Å². The molecule has 0 bridgehead atoms. The number of carbonyl (C=O) groups excluding carboxylic acids is 1. The molecule has 1 N–H and O–H groups in total. The van der Waals surface area contributed by atoms with E-state index in [-0.39, 0.29) is 5.91 Å². The van der Waals surface area contributed by atoms with Crippen molar-refractivity contribution >= 4 is 17.7 Å². The van der Waals surface area contributed by atoms with E-state index in [1.165, 1.54) is 11.8 Å². The zero-order valence-corrected chi connectivity index (χ0v) is 14.8. The first-order chi connectivity index (χ1) is 12.8. The van der Waals surface area contributed by atoms with Gasteiger partial charge in [-0.25, -0.2) is 9.97 Å². The van der Waals surface area contributed by atoms with Crippen molar-refractivity contribution in [2.24, 2.45) is 0 Å². The average molecular weight is 363 g/mol. The summed E-state index contributed by atoms with van der Waals surface area (Å²) in [5.74, 6) is 1.06. The van der Waals surface area contributed by atoms with Gasteiger partial charge in [-0.2, -0.15) is 0 Å². The summed E-state index contributed by atoms with van der Waals surface area (Å²) in [4.78, 5) is 22.0. The predicted octanol–water partition coefficient (Wildman–Crippen LogP) is 4.31. The molecule has 0 spiro atoms. The molecule has 2 aromatic carbocycles. The van der Waals surface area contributed by atoms with Crippen molar-refractivity contribution in [3.63, 3.8) is 0 Å². The van der Waals surface area contributed by atoms with Crippen LogP contribution in [0.15, 0.2) is 76.9 Å². The molecule has 1 aliphatic carbocycles. The Hall–Kier alpha value is -2.86. The van der Waals surface area contributed by atoms with Crippen LogP contribution in [0.3, 0.4) is 0 Å². The predicted molar refractivity (Wildman–Crippen MR) is 99.6 cm³/mol. The second-order valence-electron chi connectivity index (χ2n) is 5.93. The Kier molecular flexibility index (Phi) is 4.84. The summed E-state index contributed by atoms with van der Waals surface area (Å²) in [6, 6.07) is 17.3. The third kappa shape index (κ3) is 4.03. The van der Waals surface area contributed by atoms with E-state index in [1.807, 2.05) is 54.6 Å². The molecule has 5 nitrogen and oxygen atoms in total. The smallest absolute Gasteiger partial charge is 0.252 e. The van der Waals surface area contributed by atoms with Crippen molar-refractivity contribution in [3.05, 3.63) is 72.6 Å². The fraction of sp³-hybridized carbons (Fsp3) is 0.150. The van der Waals surface area contributed by atoms with Gasteiger partial charge in [0, 0.05) is 23.3 Å². The van der Waals surface area contributed by atoms with E-state index in [4.69, 9.17) is 4.74 Å². The standard InChI is InChI=1S/C20H17N3O2S/c24-18(23-14-10-11-14)16-8-4-5-9-17(16)26-20-19(21-12-13-22-20)25-15-6-2-1-3-7-15/h1-9,12-14H,10-11H2,(H,23,24). The van der Waals surface area contributed by atoms with Gasteiger partial charge in [0.05, 0.1) is 5.56 Å². The minimum Gasteiger partial charge on any atom is -0.437 e. The van der Waals surface area contributed by atoms with Gasteiger partial charge in [-0.15, -0.1) is 0 Å². The number of hydrogen-bond acceptors (Lipinski definition) is 5. The molecule has 1 heterocycles. The van der Waals surface area contributed by atoms with Gasteiger partial charge in [0.25, 0.3) is 11.8 Å². The summed E-state index contributed by atoms with van der Waals surface area (Å²) in [6.07, 6.45) is 5.32. The molecule has 0 radical (unpaired) electrons. The lowest BCUT2D eigenvalue weighted by Crippen LogP contribution is -2.25. The lowest BCUT2D eigenvalue weighted by atomic mass is 10.2. The maximum absolute atomic E-state index is 12.5. The monoisotopic (exact) mass is 363 g/mol. The van der Waals surface area contributed by atoms with Crippen LogP contribution in [-0.2, 0) is 0 Å². The molecule has 0 unspecified atom stereocenters. The zero-order chi connectivity index (χ0) is 17.8. The third-order valence-corrected chi connectivity index (χ3v) is 4.89. The van der Waals surface area contributed by atoms with Crippen LogP contribution < -0.4 is 10.1 Å². The summed E-state index contributed by atoms with van der Waals surface area (Å²) in [5.41, 5.74) is 0.640. The van der Waals surface area contributed by atoms with Gasteiger partial charge in [-0.05, 0) is 37.1 Å². The highest BCUT2D eigenvalue weighted by Crippen LogP contribution is 2.35. The van der Waals surface area contributed by atoms with Crippen LogP contribution in [0.1, 0.15) is 23.2 Å². The summed E-state index contributed by atoms with van der Waals surface area (Å²) in [6.45, 7) is 0. The molecule has 0 aliphatic heterocycles. The van der Waals surface area contributed by atoms with Crippen LogP contribution in [0.5, 0.6) is 11.6 Å². The number of amides is 1. The van der Waals surface area contributed by atoms with Crippen molar-refractivity contribution in [3.8, 4) is 11.6 Å². The van der Waals surface area contributed by atoms with Crippen LogP contribution in [-0.4, -0.2) is 21.9 Å². The van der Waals surface area contributed by atoms with Crippen LogP contribution in [0, 0.1) is 0 Å². The molecule has 0 saturated heterocycles. The molecule has 26 heavy (non-hydrogen) atoms. The zero-order valence-electron chi connectivity index (χ0n) is 14.0. The number of nitrogens with zero attached hydrogens (tertiary/aromatic N) is 2. The van der Waals surface area contributed by atoms with Crippen molar-refractivity contribution in [1.29, 1.82) is 0 Å². The van der Waals surface area contributed by atoms with Crippen LogP contribution >= 0.6 is 11.8 Å². The fourth-order valence-electron chi connectivity index (χ4n) is 2.39. The molecule has 130 valence electrons. The van der Waals surface area contributed by atoms with Gasteiger partial charge in [-0.1, -0.05) is 42.1 Å². The second-order valence-corrected chi connectivity index (χ2v) is 6.96. The first-order valence-corrected chi connectivity index (χ1v) is 9.23. The van der Waals surface area contributed by atoms with E-state index < -0.39 is 0 Å². The third-order valence-electron chi connectivity index (χ3n) is 3.84. The number of hydrogen-bond donors (Lipinski definition) is 1. The van der Waals surface area contributed by atoms with E-state index in [1.54, 1.807) is 12.4 Å². The molecular formula is C20H17N3O2S. The Balaban J connectivity index is 1.59. The largest absolute Gasteiger partial charge is 0.437 e. The van der Waals surface area contributed by atoms with Gasteiger partial charge in [0.1, 0.15) is 5.75 Å². The molecule has 1 amide bonds. The Morgan fingerprint density at radius 1 is 1.00 bits per heavy atom. The second kappa shape index (κ2) is 7.58. The topological polar surface area (TPSA) is 64.1 Å². The molecule has 1 fully saturated rings. The van der Waals surface area contributed by atoms with Gasteiger partial charge in [-0.3, -0.25) is 4.79 Å². The molecule has 4 rings (SSSR count). The number of rotatable bonds is 6. The number of benzene rings is 2. The normalized spacial score (nSPS) is 13.2. The number of aromatic nitrogens is 2. The first-order valence-electron chi connectivity index (χ1n) is 8.41. The Morgan fingerprint density at radius 2 is 1.73 bits per heavy atom. The van der Waals surface area contributed by atoms with Crippen molar-refractivity contribution < 1.29 is 9.53 Å². The highest BCUT2D eigenvalue weighted by atomic mass is 32.2. The quantitative estimate of drug-likeness (QED) is 0.707. The minimum absolute atomic E-state index is 0.0509. The summed E-state index contributed by atoms with van der Waals surface area (Å²) in [5, 5.41) is 3.65. The lowest BCUT2D eigenvalue weighted by molar-refractivity contribution is 0.0948. The molecule has 1 aromatic heterocycles. The number of ether oxygens (including phenoxy) is 1. The minimum atomic E-state index is -0.0509. The summed E-state index contributed by atoms with van der Waals surface area (Å²) >= 11 is 1.38. The van der Waals surface area contributed by atoms with Crippen LogP contribution in [0.25, 0.3) is 0 Å². The van der Waals surface area contributed by atoms with Crippen LogP contribution in [0.4, 0.5) is 0 Å². The Labute approximate surface area is 155 Å². The van der Waals surface area contributed by atoms with Gasteiger partial charge in [0.15, 0.2) is 5.03 Å². The maximum Gasteiger partial charge on any atom is 0.252 e. The molecule has 1 saturated carbocycles. The number of para-hydroxylation sites is 1. The maximum atomic E-state index is 12.5. The van der Waals surface area contributed by atoms with E-state index in [2.05, 4.69) is 15.3 Å². The Morgan fingerprint density at radius 3 is 2.54 bits per heavy atom. The fourth-order valence-corrected chi connectivity index (χ4v) is 3.31. The highest BCUT2D eigenvalue weighted by Gasteiger charge is 2.25. The van der Waals surface area contributed by atoms with E-state index >= 15 is 0 Å². The van der Waals surface area contributed by atoms with Gasteiger partial charge in [0.2, 0.25) is 0 Å². The number of nitrogens with one attached hydrogen (secondary N) is 1. The Bertz CT molecular complexity index is 914. The van der Waals surface area contributed by atoms with E-state index in [0.29, 0.717) is 28.3 Å². The highest BCUT2D eigenvalue weighted by molar-refractivity contribution is 7.99. The lowest BCUT2D eigenvalue weighted by Gasteiger charge is -2.11. The molecule has 3 aromatic rings. The van der Waals surface area contributed by atoms with Gasteiger partial charge < -0.3 is 10.1 Å². The summed E-state index contributed by atoms with van der Waals surface area (Å²) < 4.78 is 5.86. The van der Waals surface area contributed by atoms with Crippen molar-refractivity contribution in [2.45, 2.75) is 28.8 Å². The molecule has 0 atom stereocenters. The van der Waals surface area contributed by atoms with Crippen LogP contribution in [0.2, 0.25) is 0 Å². The van der Waals surface area contributed by atoms with Crippen molar-refractivity contribution in [1.82, 2.24) is 15.3 Å². The van der Waals surface area contributed by atoms with Crippen molar-refractivity contribution in [2.75, 3.05) is 0 Å². The molecular weight excluding hydrogens is 346 g/mol. The van der Waals surface area contributed by atoms with E-state index in [0.717, 1.165) is 17.7 Å². The SMILES string of the molecule is O=C(NC1CC1)c1ccccc1Sc1nccnc1Oc1ccccc1. The first kappa shape index (κ1) is 16.6. The number of carbonyl (C=O) groups is 1. The molecule has 6 heteroatoms.